The molecule has 0 saturated heterocycles. The number of carboxylic acids is 2. The molecule has 0 aliphatic heterocycles. The highest BCUT2D eigenvalue weighted by atomic mass is 35.5. The number of carboxylic acid groups (broad SMARTS) is 2. The first-order valence-electron chi connectivity index (χ1n) is 6.11. The SMILES string of the molecule is Nc1[nH]c(=O)c(C(=O)O)c(-c2cc(Cl)ccc2[N+](=O)[O-])c1C(=O)O. The summed E-state index contributed by atoms with van der Waals surface area (Å²) in [6.07, 6.45) is 0. The van der Waals surface area contributed by atoms with Gasteiger partial charge in [0.15, 0.2) is 0 Å². The Balaban J connectivity index is 3.11. The zero-order chi connectivity index (χ0) is 18.2. The molecule has 0 spiro atoms. The number of H-pyrrole nitrogens is 1. The molecule has 0 aliphatic rings. The number of anilines is 1. The van der Waals surface area contributed by atoms with E-state index >= 15 is 0 Å². The maximum absolute atomic E-state index is 11.9. The second-order valence-corrected chi connectivity index (χ2v) is 4.96. The number of aromatic amines is 1. The second-order valence-electron chi connectivity index (χ2n) is 4.52. The molecule has 24 heavy (non-hydrogen) atoms. The molecule has 2 aromatic rings. The van der Waals surface area contributed by atoms with Gasteiger partial charge < -0.3 is 20.9 Å². The zero-order valence-corrected chi connectivity index (χ0v) is 12.3. The average Bonchev–Trinajstić information content (AvgIpc) is 2.44. The van der Waals surface area contributed by atoms with Crippen molar-refractivity contribution in [2.24, 2.45) is 0 Å². The average molecular weight is 354 g/mol. The monoisotopic (exact) mass is 353 g/mol. The molecule has 0 aliphatic carbocycles. The van der Waals surface area contributed by atoms with Gasteiger partial charge in [0.05, 0.1) is 10.5 Å². The first-order valence-corrected chi connectivity index (χ1v) is 6.49. The number of hydrogen-bond donors (Lipinski definition) is 4. The van der Waals surface area contributed by atoms with Crippen LogP contribution in [0.25, 0.3) is 11.1 Å². The van der Waals surface area contributed by atoms with Crippen LogP contribution in [0.3, 0.4) is 0 Å². The van der Waals surface area contributed by atoms with Gasteiger partial charge in [-0.15, -0.1) is 0 Å². The summed E-state index contributed by atoms with van der Waals surface area (Å²) in [7, 11) is 0. The summed E-state index contributed by atoms with van der Waals surface area (Å²) < 4.78 is 0. The van der Waals surface area contributed by atoms with E-state index in [0.717, 1.165) is 12.1 Å². The molecule has 0 amide bonds. The third-order valence-electron chi connectivity index (χ3n) is 3.10. The van der Waals surface area contributed by atoms with E-state index in [0.29, 0.717) is 0 Å². The Morgan fingerprint density at radius 3 is 2.29 bits per heavy atom. The summed E-state index contributed by atoms with van der Waals surface area (Å²) in [6, 6.07) is 3.12. The first kappa shape index (κ1) is 17.0. The number of carbonyl (C=O) groups is 2. The second kappa shape index (κ2) is 6.01. The number of nitrogens with two attached hydrogens (primary N) is 1. The fourth-order valence-electron chi connectivity index (χ4n) is 2.18. The Labute approximate surface area is 137 Å². The number of nitrogen functional groups attached to an aromatic ring is 1. The van der Waals surface area contributed by atoms with Crippen LogP contribution in [-0.4, -0.2) is 32.1 Å². The fourth-order valence-corrected chi connectivity index (χ4v) is 2.36. The maximum atomic E-state index is 11.9. The van der Waals surface area contributed by atoms with Gasteiger partial charge in [-0.05, 0) is 12.1 Å². The normalized spacial score (nSPS) is 10.4. The van der Waals surface area contributed by atoms with Crippen LogP contribution in [0.1, 0.15) is 20.7 Å². The highest BCUT2D eigenvalue weighted by molar-refractivity contribution is 6.31. The van der Waals surface area contributed by atoms with E-state index in [9.17, 15) is 34.7 Å². The summed E-state index contributed by atoms with van der Waals surface area (Å²) in [5.74, 6) is -4.08. The summed E-state index contributed by atoms with van der Waals surface area (Å²) in [5.41, 5.74) is 0.724. The van der Waals surface area contributed by atoms with Crippen molar-refractivity contribution in [2.45, 2.75) is 0 Å². The topological polar surface area (TPSA) is 177 Å². The minimum atomic E-state index is -1.77. The molecule has 1 aromatic carbocycles. The van der Waals surface area contributed by atoms with Crippen LogP contribution in [0, 0.1) is 10.1 Å². The lowest BCUT2D eigenvalue weighted by Gasteiger charge is -2.12. The van der Waals surface area contributed by atoms with E-state index in [1.54, 1.807) is 0 Å². The number of hydrogen-bond acceptors (Lipinski definition) is 6. The van der Waals surface area contributed by atoms with Crippen molar-refractivity contribution in [3.05, 3.63) is 54.8 Å². The minimum Gasteiger partial charge on any atom is -0.478 e. The van der Waals surface area contributed by atoms with Gasteiger partial charge in [-0.2, -0.15) is 0 Å². The number of nitrogens with zero attached hydrogens (tertiary/aromatic N) is 1. The molecule has 0 fully saturated rings. The standard InChI is InChI=1S/C13H8ClN3O7/c14-4-1-2-6(17(23)24)5(3-4)7-8(12(19)20)10(15)16-11(18)9(7)13(21)22/h1-3H,(H,19,20)(H,21,22)(H3,15,16,18). The summed E-state index contributed by atoms with van der Waals surface area (Å²) in [5, 5.41) is 29.7. The summed E-state index contributed by atoms with van der Waals surface area (Å²) in [6.45, 7) is 0. The van der Waals surface area contributed by atoms with Crippen LogP contribution < -0.4 is 11.3 Å². The van der Waals surface area contributed by atoms with E-state index in [4.69, 9.17) is 17.3 Å². The quantitative estimate of drug-likeness (QED) is 0.472. The Morgan fingerprint density at radius 1 is 1.21 bits per heavy atom. The Kier molecular flexibility index (Phi) is 4.24. The third-order valence-corrected chi connectivity index (χ3v) is 3.33. The molecule has 124 valence electrons. The van der Waals surface area contributed by atoms with Crippen molar-refractivity contribution in [1.29, 1.82) is 0 Å². The van der Waals surface area contributed by atoms with E-state index in [-0.39, 0.29) is 5.02 Å². The zero-order valence-electron chi connectivity index (χ0n) is 11.6. The molecule has 2 rings (SSSR count). The number of benzene rings is 1. The van der Waals surface area contributed by atoms with Crippen molar-refractivity contribution in [1.82, 2.24) is 4.98 Å². The third kappa shape index (κ3) is 2.77. The number of nitro groups is 1. The van der Waals surface area contributed by atoms with Crippen LogP contribution in [-0.2, 0) is 0 Å². The molecule has 10 nitrogen and oxygen atoms in total. The molecule has 11 heteroatoms. The van der Waals surface area contributed by atoms with Gasteiger partial charge in [-0.3, -0.25) is 14.9 Å². The highest BCUT2D eigenvalue weighted by Crippen LogP contribution is 2.37. The number of aromatic carboxylic acids is 2. The van der Waals surface area contributed by atoms with Crippen LogP contribution in [0.2, 0.25) is 5.02 Å². The van der Waals surface area contributed by atoms with Crippen molar-refractivity contribution in [3.63, 3.8) is 0 Å². The van der Waals surface area contributed by atoms with Crippen LogP contribution >= 0.6 is 11.6 Å². The number of pyridine rings is 1. The van der Waals surface area contributed by atoms with Gasteiger partial charge in [-0.1, -0.05) is 11.6 Å². The highest BCUT2D eigenvalue weighted by Gasteiger charge is 2.30. The number of halogens is 1. The van der Waals surface area contributed by atoms with E-state index < -0.39 is 56.2 Å². The van der Waals surface area contributed by atoms with Gasteiger partial charge in [0.2, 0.25) is 0 Å². The van der Waals surface area contributed by atoms with Crippen LogP contribution in [0.4, 0.5) is 11.5 Å². The Morgan fingerprint density at radius 2 is 1.79 bits per heavy atom. The minimum absolute atomic E-state index is 0.0258. The van der Waals surface area contributed by atoms with Gasteiger partial charge in [0, 0.05) is 16.7 Å². The van der Waals surface area contributed by atoms with Crippen molar-refractivity contribution >= 4 is 35.0 Å². The predicted octanol–water partition coefficient (Wildman–Crippen LogP) is 1.58. The smallest absolute Gasteiger partial charge is 0.342 e. The number of aromatic nitrogens is 1. The molecule has 0 unspecified atom stereocenters. The lowest BCUT2D eigenvalue weighted by Crippen LogP contribution is -2.24. The first-order chi connectivity index (χ1) is 11.1. The van der Waals surface area contributed by atoms with Gasteiger partial charge in [-0.25, -0.2) is 9.59 Å². The predicted molar refractivity (Wildman–Crippen MR) is 82.5 cm³/mol. The van der Waals surface area contributed by atoms with Gasteiger partial charge in [0.25, 0.3) is 11.2 Å². The summed E-state index contributed by atoms with van der Waals surface area (Å²) >= 11 is 5.78. The molecule has 0 atom stereocenters. The molecule has 0 radical (unpaired) electrons. The molecule has 1 heterocycles. The molecule has 1 aromatic heterocycles. The van der Waals surface area contributed by atoms with Gasteiger partial charge in [0.1, 0.15) is 16.9 Å². The number of nitrogens with one attached hydrogen (secondary N) is 1. The fraction of sp³-hybridized carbons (Fsp3) is 0. The lowest BCUT2D eigenvalue weighted by molar-refractivity contribution is -0.384. The van der Waals surface area contributed by atoms with Crippen molar-refractivity contribution < 1.29 is 24.7 Å². The number of rotatable bonds is 4. The molecule has 5 N–H and O–H groups in total. The Bertz CT molecular complexity index is 951. The van der Waals surface area contributed by atoms with E-state index in [2.05, 4.69) is 0 Å². The molecular weight excluding hydrogens is 346 g/mol. The molecular formula is C13H8ClN3O7. The lowest BCUT2D eigenvalue weighted by atomic mass is 9.94. The molecule has 0 bridgehead atoms. The van der Waals surface area contributed by atoms with Crippen LogP contribution in [0.15, 0.2) is 23.0 Å². The van der Waals surface area contributed by atoms with Gasteiger partial charge >= 0.3 is 11.9 Å². The summed E-state index contributed by atoms with van der Waals surface area (Å²) in [4.78, 5) is 47.0. The maximum Gasteiger partial charge on any atom is 0.342 e. The number of nitro benzene ring substituents is 1. The van der Waals surface area contributed by atoms with Crippen molar-refractivity contribution in [2.75, 3.05) is 5.73 Å². The Hall–Kier alpha value is -3.40. The van der Waals surface area contributed by atoms with E-state index in [1.165, 1.54) is 6.07 Å². The molecule has 0 saturated carbocycles. The van der Waals surface area contributed by atoms with Crippen LogP contribution in [0.5, 0.6) is 0 Å². The van der Waals surface area contributed by atoms with Crippen molar-refractivity contribution in [3.8, 4) is 11.1 Å². The largest absolute Gasteiger partial charge is 0.478 e. The van der Waals surface area contributed by atoms with E-state index in [1.807, 2.05) is 4.98 Å².